The number of carbonyl (C=O) groups excluding carboxylic acids is 2. The number of aliphatic carboxylic acids is 1. The average molecular weight is 298 g/mol. The van der Waals surface area contributed by atoms with Crippen LogP contribution in [0.25, 0.3) is 0 Å². The largest absolute Gasteiger partial charge is 0.550 e. The van der Waals surface area contributed by atoms with Gasteiger partial charge in [-0.2, -0.15) is 0 Å². The van der Waals surface area contributed by atoms with Gasteiger partial charge < -0.3 is 19.4 Å². The Labute approximate surface area is 125 Å². The lowest BCUT2D eigenvalue weighted by Gasteiger charge is -2.37. The topological polar surface area (TPSA) is 78.9 Å². The number of nitrogens with zero attached hydrogens (tertiary/aromatic N) is 1. The number of anilines is 1. The first-order valence-electron chi connectivity index (χ1n) is 7.24. The van der Waals surface area contributed by atoms with Gasteiger partial charge in [0.05, 0.1) is 24.3 Å². The number of hydrogen-bond acceptors (Lipinski definition) is 5. The molecule has 112 valence electrons. The average Bonchev–Trinajstić information content (AvgIpc) is 3.16. The maximum atomic E-state index is 12.9. The zero-order valence-electron chi connectivity index (χ0n) is 11.5. The van der Waals surface area contributed by atoms with E-state index in [1.54, 1.807) is 17.1 Å². The van der Waals surface area contributed by atoms with Crippen molar-refractivity contribution in [2.45, 2.75) is 24.5 Å². The summed E-state index contributed by atoms with van der Waals surface area (Å²) in [5.74, 6) is -3.26. The molecule has 6 nitrogen and oxygen atoms in total. The minimum absolute atomic E-state index is 0.266. The molecule has 0 saturated carbocycles. The molecule has 0 aliphatic carbocycles. The monoisotopic (exact) mass is 298 g/mol. The van der Waals surface area contributed by atoms with E-state index in [1.807, 2.05) is 24.3 Å². The summed E-state index contributed by atoms with van der Waals surface area (Å²) in [5, 5.41) is 11.5. The molecule has 1 aromatic rings. The molecule has 4 heterocycles. The number of fused-ring (bicyclic) bond motifs is 4. The highest BCUT2D eigenvalue weighted by Gasteiger charge is 2.71. The third-order valence-corrected chi connectivity index (χ3v) is 5.13. The standard InChI is InChI=1S/C16H13NO5/c18-13-12-11(14(19)20)10-5-6-16(12,22-10)15-17(13)9-4-2-1-3-8(9)7-21-15/h1-6,10-12,15H,7H2,(H,19,20)/p-1/t10-,11-,12+,15-,16+/m1/s1. The molecule has 2 bridgehead atoms. The van der Waals surface area contributed by atoms with E-state index in [1.165, 1.54) is 0 Å². The summed E-state index contributed by atoms with van der Waals surface area (Å²) < 4.78 is 11.8. The van der Waals surface area contributed by atoms with Gasteiger partial charge in [0.2, 0.25) is 5.91 Å². The Kier molecular flexibility index (Phi) is 2.12. The molecule has 4 aliphatic heterocycles. The molecule has 1 aromatic carbocycles. The van der Waals surface area contributed by atoms with Crippen LogP contribution in [-0.2, 0) is 25.7 Å². The fourth-order valence-corrected chi connectivity index (χ4v) is 4.26. The van der Waals surface area contributed by atoms with Crippen LogP contribution in [0, 0.1) is 11.8 Å². The summed E-state index contributed by atoms with van der Waals surface area (Å²) in [7, 11) is 0. The van der Waals surface area contributed by atoms with Crippen molar-refractivity contribution in [3.63, 3.8) is 0 Å². The quantitative estimate of drug-likeness (QED) is 0.658. The summed E-state index contributed by atoms with van der Waals surface area (Å²) in [6, 6.07) is 7.48. The van der Waals surface area contributed by atoms with Crippen LogP contribution in [0.1, 0.15) is 5.56 Å². The van der Waals surface area contributed by atoms with Gasteiger partial charge in [0, 0.05) is 17.5 Å². The summed E-state index contributed by atoms with van der Waals surface area (Å²) in [4.78, 5) is 26.0. The van der Waals surface area contributed by atoms with Gasteiger partial charge in [-0.15, -0.1) is 0 Å². The summed E-state index contributed by atoms with van der Waals surface area (Å²) in [6.07, 6.45) is 2.27. The number of amides is 1. The van der Waals surface area contributed by atoms with Crippen LogP contribution < -0.4 is 10.0 Å². The van der Waals surface area contributed by atoms with E-state index in [2.05, 4.69) is 0 Å². The summed E-state index contributed by atoms with van der Waals surface area (Å²) >= 11 is 0. The Balaban J connectivity index is 1.69. The zero-order valence-corrected chi connectivity index (χ0v) is 11.5. The normalized spacial score (nSPS) is 40.5. The minimum atomic E-state index is -1.25. The summed E-state index contributed by atoms with van der Waals surface area (Å²) in [5.41, 5.74) is 0.664. The van der Waals surface area contributed by atoms with Crippen LogP contribution in [0.3, 0.4) is 0 Å². The van der Waals surface area contributed by atoms with Crippen LogP contribution in [0.4, 0.5) is 5.69 Å². The van der Waals surface area contributed by atoms with Crippen LogP contribution in [0.2, 0.25) is 0 Å². The first-order chi connectivity index (χ1) is 10.6. The van der Waals surface area contributed by atoms with Crippen molar-refractivity contribution in [3.05, 3.63) is 42.0 Å². The lowest BCUT2D eigenvalue weighted by molar-refractivity contribution is -0.313. The van der Waals surface area contributed by atoms with Crippen molar-refractivity contribution in [2.75, 3.05) is 4.90 Å². The zero-order chi connectivity index (χ0) is 15.1. The third-order valence-electron chi connectivity index (χ3n) is 5.13. The Bertz CT molecular complexity index is 744. The van der Waals surface area contributed by atoms with Crippen molar-refractivity contribution >= 4 is 17.6 Å². The first kappa shape index (κ1) is 12.4. The predicted molar refractivity (Wildman–Crippen MR) is 71.2 cm³/mol. The van der Waals surface area contributed by atoms with E-state index in [9.17, 15) is 14.7 Å². The molecule has 0 N–H and O–H groups in total. The fourth-order valence-electron chi connectivity index (χ4n) is 4.26. The highest BCUT2D eigenvalue weighted by molar-refractivity contribution is 6.03. The third kappa shape index (κ3) is 1.20. The first-order valence-corrected chi connectivity index (χ1v) is 7.24. The van der Waals surface area contributed by atoms with E-state index in [0.29, 0.717) is 6.61 Å². The second kappa shape index (κ2) is 3.77. The van der Waals surface area contributed by atoms with Crippen molar-refractivity contribution in [3.8, 4) is 0 Å². The van der Waals surface area contributed by atoms with E-state index < -0.39 is 35.7 Å². The van der Waals surface area contributed by atoms with Crippen molar-refractivity contribution in [1.82, 2.24) is 0 Å². The SMILES string of the molecule is O=C([O-])[C@H]1[C@H]2C(=O)N3c4ccccc4CO[C@@H]3[C@]23C=C[C@H]1O3. The van der Waals surface area contributed by atoms with Crippen molar-refractivity contribution in [2.24, 2.45) is 11.8 Å². The molecule has 2 saturated heterocycles. The Morgan fingerprint density at radius 2 is 2.18 bits per heavy atom. The molecule has 1 spiro atoms. The molecule has 0 aromatic heterocycles. The van der Waals surface area contributed by atoms with E-state index in [-0.39, 0.29) is 5.91 Å². The molecule has 0 unspecified atom stereocenters. The van der Waals surface area contributed by atoms with Gasteiger partial charge in [-0.3, -0.25) is 9.69 Å². The molecule has 0 radical (unpaired) electrons. The Morgan fingerprint density at radius 1 is 1.36 bits per heavy atom. The second-order valence-corrected chi connectivity index (χ2v) is 6.12. The number of hydrogen-bond donors (Lipinski definition) is 0. The molecule has 1 amide bonds. The highest BCUT2D eigenvalue weighted by atomic mass is 16.6. The maximum Gasteiger partial charge on any atom is 0.236 e. The number of rotatable bonds is 1. The van der Waals surface area contributed by atoms with Gasteiger partial charge in [-0.1, -0.05) is 24.3 Å². The number of carboxylic acid groups (broad SMARTS) is 1. The number of benzene rings is 1. The smallest absolute Gasteiger partial charge is 0.236 e. The molecular formula is C16H12NO5-. The van der Waals surface area contributed by atoms with Crippen LogP contribution in [0.15, 0.2) is 36.4 Å². The minimum Gasteiger partial charge on any atom is -0.550 e. The molecule has 6 heteroatoms. The predicted octanol–water partition coefficient (Wildman–Crippen LogP) is -0.421. The lowest BCUT2D eigenvalue weighted by atomic mass is 9.76. The second-order valence-electron chi connectivity index (χ2n) is 6.12. The number of para-hydroxylation sites is 1. The molecule has 22 heavy (non-hydrogen) atoms. The summed E-state index contributed by atoms with van der Waals surface area (Å²) in [6.45, 7) is 0.372. The Hall–Kier alpha value is -2.18. The van der Waals surface area contributed by atoms with Crippen LogP contribution in [0.5, 0.6) is 0 Å². The van der Waals surface area contributed by atoms with Gasteiger partial charge >= 0.3 is 0 Å². The number of carboxylic acids is 1. The highest BCUT2D eigenvalue weighted by Crippen LogP contribution is 2.57. The van der Waals surface area contributed by atoms with Crippen LogP contribution in [-0.4, -0.2) is 29.8 Å². The lowest BCUT2D eigenvalue weighted by Crippen LogP contribution is -2.49. The maximum absolute atomic E-state index is 12.9. The molecule has 4 aliphatic rings. The van der Waals surface area contributed by atoms with E-state index in [0.717, 1.165) is 11.3 Å². The fraction of sp³-hybridized carbons (Fsp3) is 0.375. The molecular weight excluding hydrogens is 286 g/mol. The number of ether oxygens (including phenoxy) is 2. The Morgan fingerprint density at radius 3 is 3.00 bits per heavy atom. The van der Waals surface area contributed by atoms with Gasteiger partial charge in [0.25, 0.3) is 0 Å². The van der Waals surface area contributed by atoms with Crippen molar-refractivity contribution in [1.29, 1.82) is 0 Å². The number of carbonyl (C=O) groups is 2. The van der Waals surface area contributed by atoms with Gasteiger partial charge in [-0.05, 0) is 12.1 Å². The van der Waals surface area contributed by atoms with E-state index in [4.69, 9.17) is 9.47 Å². The molecule has 5 rings (SSSR count). The molecule has 5 atom stereocenters. The van der Waals surface area contributed by atoms with Gasteiger partial charge in [0.1, 0.15) is 5.60 Å². The van der Waals surface area contributed by atoms with Gasteiger partial charge in [-0.25, -0.2) is 0 Å². The van der Waals surface area contributed by atoms with Crippen LogP contribution >= 0.6 is 0 Å². The van der Waals surface area contributed by atoms with Crippen molar-refractivity contribution < 1.29 is 24.2 Å². The van der Waals surface area contributed by atoms with Gasteiger partial charge in [0.15, 0.2) is 6.23 Å². The molecule has 2 fully saturated rings. The van der Waals surface area contributed by atoms with E-state index >= 15 is 0 Å².